The lowest BCUT2D eigenvalue weighted by molar-refractivity contribution is 0.318. The number of thioether (sulfide) groups is 2. The highest BCUT2D eigenvalue weighted by atomic mass is 32.2. The summed E-state index contributed by atoms with van der Waals surface area (Å²) >= 11 is 3.60. The summed E-state index contributed by atoms with van der Waals surface area (Å²) in [6.07, 6.45) is 2.00. The monoisotopic (exact) mass is 297 g/mol. The molecule has 1 aliphatic rings. The SMILES string of the molecule is CSc1cccc(N2CCSC(C)C2)c1/C(N)=N/O. The van der Waals surface area contributed by atoms with Crippen LogP contribution in [0.1, 0.15) is 12.5 Å². The summed E-state index contributed by atoms with van der Waals surface area (Å²) in [5.41, 5.74) is 7.78. The lowest BCUT2D eigenvalue weighted by Gasteiger charge is -2.34. The fourth-order valence-electron chi connectivity index (χ4n) is 2.30. The number of anilines is 1. The Balaban J connectivity index is 2.44. The summed E-state index contributed by atoms with van der Waals surface area (Å²) in [6.45, 7) is 4.23. The van der Waals surface area contributed by atoms with E-state index in [1.165, 1.54) is 0 Å². The Hall–Kier alpha value is -1.01. The molecule has 0 amide bonds. The number of hydrogen-bond acceptors (Lipinski definition) is 5. The molecule has 1 aromatic carbocycles. The van der Waals surface area contributed by atoms with Gasteiger partial charge in [0.2, 0.25) is 0 Å². The van der Waals surface area contributed by atoms with Gasteiger partial charge in [0.25, 0.3) is 0 Å². The molecule has 1 heterocycles. The molecule has 0 aromatic heterocycles. The molecule has 19 heavy (non-hydrogen) atoms. The molecule has 1 aliphatic heterocycles. The molecule has 1 atom stereocenters. The predicted molar refractivity (Wildman–Crippen MR) is 84.9 cm³/mol. The zero-order valence-corrected chi connectivity index (χ0v) is 12.8. The average molecular weight is 297 g/mol. The van der Waals surface area contributed by atoms with Crippen LogP contribution >= 0.6 is 23.5 Å². The first-order chi connectivity index (χ1) is 9.17. The van der Waals surface area contributed by atoms with Gasteiger partial charge in [-0.05, 0) is 18.4 Å². The van der Waals surface area contributed by atoms with Crippen LogP contribution in [-0.2, 0) is 0 Å². The summed E-state index contributed by atoms with van der Waals surface area (Å²) in [4.78, 5) is 3.37. The van der Waals surface area contributed by atoms with E-state index < -0.39 is 0 Å². The lowest BCUT2D eigenvalue weighted by atomic mass is 10.1. The largest absolute Gasteiger partial charge is 0.409 e. The van der Waals surface area contributed by atoms with Crippen LogP contribution in [0.4, 0.5) is 5.69 Å². The number of benzene rings is 1. The first-order valence-electron chi connectivity index (χ1n) is 6.18. The van der Waals surface area contributed by atoms with Gasteiger partial charge < -0.3 is 15.8 Å². The van der Waals surface area contributed by atoms with E-state index in [1.807, 2.05) is 30.2 Å². The van der Waals surface area contributed by atoms with Gasteiger partial charge in [-0.2, -0.15) is 11.8 Å². The second-order valence-corrected chi connectivity index (χ2v) is 6.86. The summed E-state index contributed by atoms with van der Waals surface area (Å²) in [5.74, 6) is 1.30. The molecule has 4 nitrogen and oxygen atoms in total. The number of nitrogens with zero attached hydrogens (tertiary/aromatic N) is 2. The van der Waals surface area contributed by atoms with E-state index in [-0.39, 0.29) is 5.84 Å². The van der Waals surface area contributed by atoms with Crippen molar-refractivity contribution in [3.05, 3.63) is 23.8 Å². The summed E-state index contributed by atoms with van der Waals surface area (Å²) in [7, 11) is 0. The average Bonchev–Trinajstić information content (AvgIpc) is 2.45. The molecule has 0 radical (unpaired) electrons. The smallest absolute Gasteiger partial charge is 0.173 e. The highest BCUT2D eigenvalue weighted by Crippen LogP contribution is 2.32. The third kappa shape index (κ3) is 3.12. The molecule has 0 spiro atoms. The Morgan fingerprint density at radius 1 is 1.58 bits per heavy atom. The molecule has 6 heteroatoms. The lowest BCUT2D eigenvalue weighted by Crippen LogP contribution is -2.38. The van der Waals surface area contributed by atoms with Gasteiger partial charge >= 0.3 is 0 Å². The molecule has 1 unspecified atom stereocenters. The molecule has 0 bridgehead atoms. The Morgan fingerprint density at radius 2 is 2.37 bits per heavy atom. The highest BCUT2D eigenvalue weighted by molar-refractivity contribution is 8.00. The standard InChI is InChI=1S/C13H19N3OS2/c1-9-8-16(6-7-19-9)10-4-3-5-11(18-2)12(10)13(14)15-17/h3-5,9,17H,6-8H2,1-2H3,(H2,14,15). The van der Waals surface area contributed by atoms with Crippen molar-refractivity contribution in [3.8, 4) is 0 Å². The van der Waals surface area contributed by atoms with Crippen LogP contribution in [0.5, 0.6) is 0 Å². The van der Waals surface area contributed by atoms with Crippen molar-refractivity contribution >= 4 is 35.0 Å². The molecule has 0 saturated carbocycles. The minimum atomic E-state index is 0.186. The molecule has 1 aromatic rings. The molecule has 104 valence electrons. The fraction of sp³-hybridized carbons (Fsp3) is 0.462. The topological polar surface area (TPSA) is 61.8 Å². The maximum Gasteiger partial charge on any atom is 0.173 e. The molecular formula is C13H19N3OS2. The van der Waals surface area contributed by atoms with Gasteiger partial charge in [-0.1, -0.05) is 18.1 Å². The van der Waals surface area contributed by atoms with E-state index in [2.05, 4.69) is 23.0 Å². The van der Waals surface area contributed by atoms with E-state index in [9.17, 15) is 0 Å². The van der Waals surface area contributed by atoms with Gasteiger partial charge in [0.15, 0.2) is 5.84 Å². The number of rotatable bonds is 3. The van der Waals surface area contributed by atoms with Crippen molar-refractivity contribution in [1.82, 2.24) is 0 Å². The first-order valence-corrected chi connectivity index (χ1v) is 8.46. The molecule has 0 aliphatic carbocycles. The second-order valence-electron chi connectivity index (χ2n) is 4.47. The van der Waals surface area contributed by atoms with Gasteiger partial charge in [0.05, 0.1) is 5.56 Å². The van der Waals surface area contributed by atoms with E-state index in [0.29, 0.717) is 5.25 Å². The Kier molecular flexibility index (Phi) is 4.87. The summed E-state index contributed by atoms with van der Waals surface area (Å²) < 4.78 is 0. The van der Waals surface area contributed by atoms with Crippen molar-refractivity contribution in [1.29, 1.82) is 0 Å². The first kappa shape index (κ1) is 14.4. The van der Waals surface area contributed by atoms with Crippen LogP contribution in [0.2, 0.25) is 0 Å². The Labute approximate surface area is 122 Å². The van der Waals surface area contributed by atoms with E-state index in [4.69, 9.17) is 10.9 Å². The Bertz CT molecular complexity index is 479. The van der Waals surface area contributed by atoms with E-state index >= 15 is 0 Å². The second kappa shape index (κ2) is 6.43. The summed E-state index contributed by atoms with van der Waals surface area (Å²) in [5, 5.41) is 12.8. The van der Waals surface area contributed by atoms with Crippen LogP contribution in [0.25, 0.3) is 0 Å². The van der Waals surface area contributed by atoms with Crippen LogP contribution in [0.15, 0.2) is 28.3 Å². The van der Waals surface area contributed by atoms with Crippen molar-refractivity contribution in [2.75, 3.05) is 30.0 Å². The van der Waals surface area contributed by atoms with E-state index in [1.54, 1.807) is 11.8 Å². The van der Waals surface area contributed by atoms with Gasteiger partial charge in [0.1, 0.15) is 0 Å². The molecule has 2 rings (SSSR count). The van der Waals surface area contributed by atoms with Gasteiger partial charge in [-0.15, -0.1) is 11.8 Å². The maximum absolute atomic E-state index is 9.01. The fourth-order valence-corrected chi connectivity index (χ4v) is 3.94. The van der Waals surface area contributed by atoms with E-state index in [0.717, 1.165) is 35.0 Å². The van der Waals surface area contributed by atoms with Crippen molar-refractivity contribution in [3.63, 3.8) is 0 Å². The maximum atomic E-state index is 9.01. The molecular weight excluding hydrogens is 278 g/mol. The predicted octanol–water partition coefficient (Wildman–Crippen LogP) is 2.44. The number of nitrogens with two attached hydrogens (primary N) is 1. The summed E-state index contributed by atoms with van der Waals surface area (Å²) in [6, 6.07) is 6.08. The van der Waals surface area contributed by atoms with Crippen LogP contribution in [-0.4, -0.2) is 41.4 Å². The number of oxime groups is 1. The van der Waals surface area contributed by atoms with Gasteiger partial charge in [-0.3, -0.25) is 0 Å². The van der Waals surface area contributed by atoms with Crippen molar-refractivity contribution in [2.24, 2.45) is 10.9 Å². The zero-order valence-electron chi connectivity index (χ0n) is 11.2. The quantitative estimate of drug-likeness (QED) is 0.295. The normalized spacial score (nSPS) is 20.6. The third-order valence-corrected chi connectivity index (χ3v) is 5.09. The van der Waals surface area contributed by atoms with Crippen molar-refractivity contribution in [2.45, 2.75) is 17.1 Å². The molecule has 1 saturated heterocycles. The minimum absolute atomic E-state index is 0.186. The zero-order chi connectivity index (χ0) is 13.8. The van der Waals surface area contributed by atoms with Gasteiger partial charge in [0, 0.05) is 34.7 Å². The molecule has 1 fully saturated rings. The van der Waals surface area contributed by atoms with Gasteiger partial charge in [-0.25, -0.2) is 0 Å². The minimum Gasteiger partial charge on any atom is -0.409 e. The van der Waals surface area contributed by atoms with Crippen LogP contribution < -0.4 is 10.6 Å². The number of amidine groups is 1. The highest BCUT2D eigenvalue weighted by Gasteiger charge is 2.22. The van der Waals surface area contributed by atoms with Crippen molar-refractivity contribution < 1.29 is 5.21 Å². The van der Waals surface area contributed by atoms with Crippen LogP contribution in [0.3, 0.4) is 0 Å². The Morgan fingerprint density at radius 3 is 3.00 bits per heavy atom. The van der Waals surface area contributed by atoms with Crippen LogP contribution in [0, 0.1) is 0 Å². The molecule has 3 N–H and O–H groups in total. The number of hydrogen-bond donors (Lipinski definition) is 2. The third-order valence-electron chi connectivity index (χ3n) is 3.17.